The van der Waals surface area contributed by atoms with Gasteiger partial charge in [-0.15, -0.1) is 0 Å². The summed E-state index contributed by atoms with van der Waals surface area (Å²) >= 11 is 0. The van der Waals surface area contributed by atoms with Crippen LogP contribution in [0.4, 0.5) is 4.79 Å². The fraction of sp³-hybridized carbons (Fsp3) is 0.533. The number of sulfonamides is 1. The average molecular weight is 343 g/mol. The largest absolute Gasteiger partial charge is 0.464 e. The molecule has 0 unspecified atom stereocenters. The first-order valence-electron chi connectivity index (χ1n) is 7.47. The zero-order valence-corrected chi connectivity index (χ0v) is 14.4. The third-order valence-electron chi connectivity index (χ3n) is 3.40. The third-order valence-corrected chi connectivity index (χ3v) is 5.17. The van der Waals surface area contributed by atoms with Crippen LogP contribution in [0, 0.1) is 0 Å². The number of carbonyl (C=O) groups is 1. The van der Waals surface area contributed by atoms with E-state index in [4.69, 9.17) is 0 Å². The van der Waals surface area contributed by atoms with Gasteiger partial charge in [-0.3, -0.25) is 0 Å². The second-order valence-electron chi connectivity index (χ2n) is 5.35. The quantitative estimate of drug-likeness (QED) is 0.660. The van der Waals surface area contributed by atoms with Gasteiger partial charge in [0.15, 0.2) is 0 Å². The van der Waals surface area contributed by atoms with E-state index in [1.807, 2.05) is 19.0 Å². The normalized spacial score (nSPS) is 11.6. The number of likely N-dealkylation sites (N-methyl/N-ethyl adjacent to an activating group) is 2. The van der Waals surface area contributed by atoms with E-state index in [1.54, 1.807) is 30.3 Å². The molecule has 1 amide bonds. The molecule has 0 saturated heterocycles. The highest BCUT2D eigenvalue weighted by Gasteiger charge is 2.26. The topological polar surface area (TPSA) is 90.0 Å². The number of nitrogens with zero attached hydrogens (tertiary/aromatic N) is 2. The second kappa shape index (κ2) is 9.49. The van der Waals surface area contributed by atoms with Crippen molar-refractivity contribution in [1.82, 2.24) is 14.5 Å². The minimum Gasteiger partial charge on any atom is -0.464 e. The van der Waals surface area contributed by atoms with Crippen LogP contribution in [0.5, 0.6) is 0 Å². The van der Waals surface area contributed by atoms with E-state index in [9.17, 15) is 18.3 Å². The SMILES string of the molecule is CNCCN(C)CCCS(=O)(=O)N(Cc1ccccc1)C(=O)O. The molecule has 0 bridgehead atoms. The van der Waals surface area contributed by atoms with Crippen molar-refractivity contribution in [3.05, 3.63) is 35.9 Å². The number of rotatable bonds is 10. The summed E-state index contributed by atoms with van der Waals surface area (Å²) in [5, 5.41) is 12.2. The highest BCUT2D eigenvalue weighted by atomic mass is 32.2. The van der Waals surface area contributed by atoms with Gasteiger partial charge in [0.25, 0.3) is 0 Å². The van der Waals surface area contributed by atoms with Gasteiger partial charge < -0.3 is 15.3 Å². The van der Waals surface area contributed by atoms with Gasteiger partial charge in [-0.05, 0) is 32.6 Å². The standard InChI is InChI=1S/C15H25N3O4S/c1-16-9-11-17(2)10-6-12-23(21,22)18(15(19)20)13-14-7-4-3-5-8-14/h3-5,7-8,16H,6,9-13H2,1-2H3,(H,19,20). The van der Waals surface area contributed by atoms with Crippen molar-refractivity contribution in [2.24, 2.45) is 0 Å². The molecule has 1 aromatic rings. The molecule has 0 aliphatic heterocycles. The number of hydrogen-bond acceptors (Lipinski definition) is 5. The van der Waals surface area contributed by atoms with E-state index in [2.05, 4.69) is 5.32 Å². The Morgan fingerprint density at radius 1 is 1.22 bits per heavy atom. The fourth-order valence-corrected chi connectivity index (χ4v) is 3.37. The maximum Gasteiger partial charge on any atom is 0.421 e. The van der Waals surface area contributed by atoms with Gasteiger partial charge in [0, 0.05) is 13.1 Å². The molecule has 0 radical (unpaired) electrons. The van der Waals surface area contributed by atoms with Gasteiger partial charge >= 0.3 is 6.09 Å². The highest BCUT2D eigenvalue weighted by molar-refractivity contribution is 7.89. The molecule has 0 aliphatic rings. The van der Waals surface area contributed by atoms with E-state index in [0.717, 1.165) is 13.1 Å². The van der Waals surface area contributed by atoms with Gasteiger partial charge in [0.05, 0.1) is 12.3 Å². The molecule has 0 fully saturated rings. The van der Waals surface area contributed by atoms with Crippen molar-refractivity contribution in [2.75, 3.05) is 39.5 Å². The van der Waals surface area contributed by atoms with Crippen molar-refractivity contribution in [3.8, 4) is 0 Å². The molecule has 8 heteroatoms. The fourth-order valence-electron chi connectivity index (χ4n) is 2.08. The van der Waals surface area contributed by atoms with Crippen molar-refractivity contribution >= 4 is 16.1 Å². The third kappa shape index (κ3) is 6.98. The van der Waals surface area contributed by atoms with Crippen LogP contribution >= 0.6 is 0 Å². The lowest BCUT2D eigenvalue weighted by Gasteiger charge is -2.21. The van der Waals surface area contributed by atoms with Crippen LogP contribution in [0.3, 0.4) is 0 Å². The lowest BCUT2D eigenvalue weighted by molar-refractivity contribution is 0.170. The zero-order valence-electron chi connectivity index (χ0n) is 13.6. The minimum atomic E-state index is -3.84. The molecule has 0 atom stereocenters. The summed E-state index contributed by atoms with van der Waals surface area (Å²) in [5.41, 5.74) is 0.643. The summed E-state index contributed by atoms with van der Waals surface area (Å²) < 4.78 is 25.1. The van der Waals surface area contributed by atoms with E-state index in [1.165, 1.54) is 0 Å². The summed E-state index contributed by atoms with van der Waals surface area (Å²) in [7, 11) is -0.0851. The smallest absolute Gasteiger partial charge is 0.421 e. The molecule has 0 heterocycles. The molecule has 1 aromatic carbocycles. The summed E-state index contributed by atoms with van der Waals surface area (Å²) in [6.07, 6.45) is -1.06. The van der Waals surface area contributed by atoms with Crippen LogP contribution in [0.15, 0.2) is 30.3 Å². The predicted molar refractivity (Wildman–Crippen MR) is 89.8 cm³/mol. The molecule has 0 aliphatic carbocycles. The molecule has 0 spiro atoms. The summed E-state index contributed by atoms with van der Waals surface area (Å²) in [6, 6.07) is 8.70. The first-order chi connectivity index (χ1) is 10.9. The number of amides is 1. The minimum absolute atomic E-state index is 0.159. The average Bonchev–Trinajstić information content (AvgIpc) is 2.51. The Balaban J connectivity index is 2.61. The summed E-state index contributed by atoms with van der Waals surface area (Å²) in [6.45, 7) is 2.07. The van der Waals surface area contributed by atoms with Crippen LogP contribution in [0.25, 0.3) is 0 Å². The summed E-state index contributed by atoms with van der Waals surface area (Å²) in [5.74, 6) is -0.184. The zero-order chi connectivity index (χ0) is 17.3. The molecule has 0 aromatic heterocycles. The van der Waals surface area contributed by atoms with Gasteiger partial charge in [0.2, 0.25) is 10.0 Å². The van der Waals surface area contributed by atoms with Crippen molar-refractivity contribution < 1.29 is 18.3 Å². The van der Waals surface area contributed by atoms with Gasteiger partial charge in [-0.1, -0.05) is 30.3 Å². The number of carboxylic acid groups (broad SMARTS) is 1. The Morgan fingerprint density at radius 3 is 2.43 bits per heavy atom. The van der Waals surface area contributed by atoms with Crippen LogP contribution < -0.4 is 5.32 Å². The van der Waals surface area contributed by atoms with E-state index >= 15 is 0 Å². The first-order valence-corrected chi connectivity index (χ1v) is 9.08. The Kier molecular flexibility index (Phi) is 8.01. The molecular weight excluding hydrogens is 318 g/mol. The molecule has 2 N–H and O–H groups in total. The number of benzene rings is 1. The maximum atomic E-state index is 12.3. The van der Waals surface area contributed by atoms with Gasteiger partial charge in [-0.2, -0.15) is 0 Å². The molecule has 7 nitrogen and oxygen atoms in total. The molecule has 23 heavy (non-hydrogen) atoms. The van der Waals surface area contributed by atoms with Gasteiger partial charge in [-0.25, -0.2) is 17.5 Å². The Labute approximate surface area is 138 Å². The van der Waals surface area contributed by atoms with Crippen LogP contribution in [-0.2, 0) is 16.6 Å². The number of hydrogen-bond donors (Lipinski definition) is 2. The lowest BCUT2D eigenvalue weighted by Crippen LogP contribution is -2.38. The van der Waals surface area contributed by atoms with Crippen LogP contribution in [0.1, 0.15) is 12.0 Å². The molecule has 130 valence electrons. The second-order valence-corrected chi connectivity index (χ2v) is 7.36. The van der Waals surface area contributed by atoms with E-state index < -0.39 is 16.1 Å². The van der Waals surface area contributed by atoms with E-state index in [0.29, 0.717) is 22.8 Å². The molecule has 1 rings (SSSR count). The lowest BCUT2D eigenvalue weighted by atomic mass is 10.2. The molecule has 0 saturated carbocycles. The van der Waals surface area contributed by atoms with Crippen molar-refractivity contribution in [1.29, 1.82) is 0 Å². The molecular formula is C15H25N3O4S. The Bertz CT molecular complexity index is 578. The monoisotopic (exact) mass is 343 g/mol. The highest BCUT2D eigenvalue weighted by Crippen LogP contribution is 2.11. The Morgan fingerprint density at radius 2 is 1.87 bits per heavy atom. The predicted octanol–water partition coefficient (Wildman–Crippen LogP) is 1.04. The maximum absolute atomic E-state index is 12.3. The van der Waals surface area contributed by atoms with Crippen LogP contribution in [-0.4, -0.2) is 68.3 Å². The first kappa shape index (κ1) is 19.4. The van der Waals surface area contributed by atoms with Crippen molar-refractivity contribution in [3.63, 3.8) is 0 Å². The summed E-state index contributed by atoms with van der Waals surface area (Å²) in [4.78, 5) is 13.3. The Hall–Kier alpha value is -1.64. The van der Waals surface area contributed by atoms with E-state index in [-0.39, 0.29) is 12.3 Å². The number of nitrogens with one attached hydrogen (secondary N) is 1. The van der Waals surface area contributed by atoms with Gasteiger partial charge in [0.1, 0.15) is 0 Å². The van der Waals surface area contributed by atoms with Crippen molar-refractivity contribution in [2.45, 2.75) is 13.0 Å². The van der Waals surface area contributed by atoms with Crippen LogP contribution in [0.2, 0.25) is 0 Å².